The van der Waals surface area contributed by atoms with Crippen LogP contribution in [0.15, 0.2) is 66.7 Å². The molecule has 0 aliphatic heterocycles. The molecule has 38 heavy (non-hydrogen) atoms. The smallest absolute Gasteiger partial charge is 0.243 e. The summed E-state index contributed by atoms with van der Waals surface area (Å²) in [5.74, 6) is 1.98. The van der Waals surface area contributed by atoms with Crippen LogP contribution in [0, 0.1) is 0 Å². The Bertz CT molecular complexity index is 1350. The van der Waals surface area contributed by atoms with E-state index in [4.69, 9.17) is 29.7 Å². The lowest BCUT2D eigenvalue weighted by molar-refractivity contribution is -0.117. The zero-order valence-corrected chi connectivity index (χ0v) is 22.6. The minimum Gasteiger partial charge on any atom is -0.494 e. The highest BCUT2D eigenvalue weighted by Gasteiger charge is 2.22. The number of ether oxygens (including phenoxy) is 4. The van der Waals surface area contributed by atoms with E-state index < -0.39 is 6.04 Å². The van der Waals surface area contributed by atoms with Gasteiger partial charge in [-0.05, 0) is 55.3 Å². The van der Waals surface area contributed by atoms with Crippen molar-refractivity contribution in [3.63, 3.8) is 0 Å². The minimum absolute atomic E-state index is 0.308. The van der Waals surface area contributed by atoms with Crippen molar-refractivity contribution >= 4 is 22.4 Å². The maximum atomic E-state index is 13.0. The number of thiazole rings is 1. The van der Waals surface area contributed by atoms with Crippen LogP contribution in [0.25, 0.3) is 21.7 Å². The number of methoxy groups -OCH3 is 3. The van der Waals surface area contributed by atoms with Gasteiger partial charge in [-0.2, -0.15) is 0 Å². The molecular formula is C29H31N3O5S. The van der Waals surface area contributed by atoms with Crippen LogP contribution in [-0.2, 0) is 11.2 Å². The molecule has 0 radical (unpaired) electrons. The Morgan fingerprint density at radius 1 is 0.947 bits per heavy atom. The van der Waals surface area contributed by atoms with Crippen LogP contribution in [0.5, 0.6) is 23.0 Å². The van der Waals surface area contributed by atoms with E-state index in [-0.39, 0.29) is 5.91 Å². The summed E-state index contributed by atoms with van der Waals surface area (Å²) in [7, 11) is 4.70. The van der Waals surface area contributed by atoms with Crippen molar-refractivity contribution in [2.24, 2.45) is 5.73 Å². The first kappa shape index (κ1) is 27.0. The van der Waals surface area contributed by atoms with Crippen molar-refractivity contribution in [3.8, 4) is 44.7 Å². The van der Waals surface area contributed by atoms with Crippen molar-refractivity contribution < 1.29 is 23.7 Å². The van der Waals surface area contributed by atoms with E-state index in [0.29, 0.717) is 41.1 Å². The number of hydrogen-bond donors (Lipinski definition) is 2. The number of carbonyl (C=O) groups excluding carboxylic acids is 1. The molecule has 3 N–H and O–H groups in total. The van der Waals surface area contributed by atoms with Crippen molar-refractivity contribution in [3.05, 3.63) is 72.3 Å². The van der Waals surface area contributed by atoms with Gasteiger partial charge in [-0.25, -0.2) is 4.98 Å². The fourth-order valence-corrected chi connectivity index (χ4v) is 4.99. The molecular weight excluding hydrogens is 502 g/mol. The number of nitrogens with one attached hydrogen (secondary N) is 1. The first-order chi connectivity index (χ1) is 18.5. The standard InChI is InChI=1S/C29H31N3O5S/c1-5-37-21-13-11-19(12-14-21)25-27(20-16-23(34-2)26(36-4)24(17-20)35-3)38-29(31-25)32-28(33)22(30)15-18-9-7-6-8-10-18/h6-14,16-17,22H,5,15,30H2,1-4H3,(H,31,32,33)/t22-/m1/s1. The van der Waals surface area contributed by atoms with E-state index in [1.165, 1.54) is 11.3 Å². The molecule has 1 heterocycles. The van der Waals surface area contributed by atoms with Gasteiger partial charge in [0.25, 0.3) is 0 Å². The Morgan fingerprint density at radius 3 is 2.18 bits per heavy atom. The number of carbonyl (C=O) groups is 1. The second-order valence-corrected chi connectivity index (χ2v) is 9.35. The van der Waals surface area contributed by atoms with E-state index in [1.807, 2.05) is 73.7 Å². The van der Waals surface area contributed by atoms with E-state index in [1.54, 1.807) is 21.3 Å². The first-order valence-corrected chi connectivity index (χ1v) is 12.9. The zero-order chi connectivity index (χ0) is 27.1. The van der Waals surface area contributed by atoms with Crippen LogP contribution in [0.1, 0.15) is 12.5 Å². The van der Waals surface area contributed by atoms with Crippen LogP contribution in [-0.4, -0.2) is 44.9 Å². The third kappa shape index (κ3) is 6.07. The third-order valence-corrected chi connectivity index (χ3v) is 6.88. The highest BCUT2D eigenvalue weighted by Crippen LogP contribution is 2.46. The minimum atomic E-state index is -0.722. The number of rotatable bonds is 11. The van der Waals surface area contributed by atoms with Gasteiger partial charge in [-0.1, -0.05) is 41.7 Å². The molecule has 0 bridgehead atoms. The van der Waals surface area contributed by atoms with E-state index in [0.717, 1.165) is 27.3 Å². The first-order valence-electron chi connectivity index (χ1n) is 12.1. The lowest BCUT2D eigenvalue weighted by Crippen LogP contribution is -2.37. The van der Waals surface area contributed by atoms with Crippen LogP contribution in [0.2, 0.25) is 0 Å². The number of hydrogen-bond acceptors (Lipinski definition) is 8. The van der Waals surface area contributed by atoms with Gasteiger partial charge in [0.1, 0.15) is 5.75 Å². The van der Waals surface area contributed by atoms with Crippen molar-refractivity contribution in [1.29, 1.82) is 0 Å². The van der Waals surface area contributed by atoms with Crippen LogP contribution < -0.4 is 30.0 Å². The number of anilines is 1. The molecule has 198 valence electrons. The molecule has 0 fully saturated rings. The average molecular weight is 534 g/mol. The van der Waals surface area contributed by atoms with Crippen LogP contribution in [0.4, 0.5) is 5.13 Å². The molecule has 0 unspecified atom stereocenters. The fraction of sp³-hybridized carbons (Fsp3) is 0.241. The summed E-state index contributed by atoms with van der Waals surface area (Å²) in [5.41, 5.74) is 9.57. The van der Waals surface area contributed by atoms with Gasteiger partial charge in [0.05, 0.1) is 44.5 Å². The predicted octanol–water partition coefficient (Wildman–Crippen LogP) is 5.41. The van der Waals surface area contributed by atoms with Gasteiger partial charge < -0.3 is 30.0 Å². The maximum Gasteiger partial charge on any atom is 0.243 e. The van der Waals surface area contributed by atoms with Crippen molar-refractivity contribution in [1.82, 2.24) is 4.98 Å². The molecule has 0 saturated heterocycles. The van der Waals surface area contributed by atoms with Gasteiger partial charge in [0.2, 0.25) is 11.7 Å². The van der Waals surface area contributed by atoms with E-state index >= 15 is 0 Å². The summed E-state index contributed by atoms with van der Waals surface area (Å²) in [6.45, 7) is 2.51. The molecule has 0 aliphatic carbocycles. The highest BCUT2D eigenvalue weighted by molar-refractivity contribution is 7.19. The van der Waals surface area contributed by atoms with Gasteiger partial charge in [0.15, 0.2) is 16.6 Å². The largest absolute Gasteiger partial charge is 0.494 e. The van der Waals surface area contributed by atoms with Crippen molar-refractivity contribution in [2.45, 2.75) is 19.4 Å². The lowest BCUT2D eigenvalue weighted by atomic mass is 10.1. The number of aromatic nitrogens is 1. The molecule has 1 atom stereocenters. The molecule has 4 rings (SSSR count). The van der Waals surface area contributed by atoms with E-state index in [2.05, 4.69) is 5.32 Å². The molecule has 0 spiro atoms. The second kappa shape index (κ2) is 12.4. The molecule has 0 saturated carbocycles. The van der Waals surface area contributed by atoms with Crippen LogP contribution >= 0.6 is 11.3 Å². The van der Waals surface area contributed by atoms with Crippen molar-refractivity contribution in [2.75, 3.05) is 33.3 Å². The molecule has 1 aromatic heterocycles. The van der Waals surface area contributed by atoms with Gasteiger partial charge in [0, 0.05) is 11.1 Å². The highest BCUT2D eigenvalue weighted by atomic mass is 32.1. The number of nitrogens with two attached hydrogens (primary N) is 1. The Kier molecular flexibility index (Phi) is 8.83. The Morgan fingerprint density at radius 2 is 1.61 bits per heavy atom. The number of benzene rings is 3. The van der Waals surface area contributed by atoms with Gasteiger partial charge >= 0.3 is 0 Å². The van der Waals surface area contributed by atoms with Gasteiger partial charge in [-0.3, -0.25) is 4.79 Å². The Balaban J connectivity index is 1.72. The average Bonchev–Trinajstić information content (AvgIpc) is 3.36. The SMILES string of the molecule is CCOc1ccc(-c2nc(NC(=O)[C@H](N)Cc3ccccc3)sc2-c2cc(OC)c(OC)c(OC)c2)cc1. The third-order valence-electron chi connectivity index (χ3n) is 5.86. The number of nitrogens with zero attached hydrogens (tertiary/aromatic N) is 1. The predicted molar refractivity (Wildman–Crippen MR) is 151 cm³/mol. The summed E-state index contributed by atoms with van der Waals surface area (Å²) in [4.78, 5) is 18.6. The van der Waals surface area contributed by atoms with Crippen LogP contribution in [0.3, 0.4) is 0 Å². The van der Waals surface area contributed by atoms with E-state index in [9.17, 15) is 4.79 Å². The monoisotopic (exact) mass is 533 g/mol. The summed E-state index contributed by atoms with van der Waals surface area (Å²) in [6.07, 6.45) is 0.420. The molecule has 4 aromatic rings. The molecule has 1 amide bonds. The summed E-state index contributed by atoms with van der Waals surface area (Å²) < 4.78 is 22.2. The Labute approximate surface area is 226 Å². The molecule has 3 aromatic carbocycles. The normalized spacial score (nSPS) is 11.5. The topological polar surface area (TPSA) is 105 Å². The maximum absolute atomic E-state index is 13.0. The summed E-state index contributed by atoms with van der Waals surface area (Å²) >= 11 is 1.34. The molecule has 9 heteroatoms. The fourth-order valence-electron chi connectivity index (χ4n) is 4.01. The zero-order valence-electron chi connectivity index (χ0n) is 21.8. The second-order valence-electron chi connectivity index (χ2n) is 8.35. The lowest BCUT2D eigenvalue weighted by Gasteiger charge is -2.14. The Hall–Kier alpha value is -4.08. The summed E-state index contributed by atoms with van der Waals surface area (Å²) in [6, 6.07) is 20.3. The molecule has 8 nitrogen and oxygen atoms in total. The number of amides is 1. The van der Waals surface area contributed by atoms with Gasteiger partial charge in [-0.15, -0.1) is 0 Å². The molecule has 0 aliphatic rings. The summed E-state index contributed by atoms with van der Waals surface area (Å²) in [5, 5.41) is 3.34. The quantitative estimate of drug-likeness (QED) is 0.266.